The number of rotatable bonds is 10. The smallest absolute Gasteiger partial charge is 0.367 e. The van der Waals surface area contributed by atoms with E-state index in [1.54, 1.807) is 18.2 Å². The fourth-order valence-electron chi connectivity index (χ4n) is 2.60. The highest BCUT2D eigenvalue weighted by atomic mass is 19.4. The summed E-state index contributed by atoms with van der Waals surface area (Å²) in [6, 6.07) is 7.21. The molecular formula is C20H29F3N6O. The van der Waals surface area contributed by atoms with Crippen molar-refractivity contribution in [2.24, 2.45) is 12.0 Å². The molecule has 0 amide bonds. The third-order valence-electron chi connectivity index (χ3n) is 4.37. The number of nitrogens with one attached hydrogen (secondary N) is 2. The molecule has 1 heterocycles. The summed E-state index contributed by atoms with van der Waals surface area (Å²) in [6.45, 7) is 4.28. The SMILES string of the molecule is CCCCNC(=NCc1cccc(COCC(F)(F)F)c1)NCc1nnc(C)n1C. The van der Waals surface area contributed by atoms with Gasteiger partial charge in [-0.15, -0.1) is 10.2 Å². The lowest BCUT2D eigenvalue weighted by atomic mass is 10.1. The standard InChI is InChI=1S/C20H29F3N6O/c1-4-5-9-24-19(26-12-18-28-27-15(2)29(18)3)25-11-16-7-6-8-17(10-16)13-30-14-20(21,22)23/h6-8,10H,4-5,9,11-14H2,1-3H3,(H2,24,25,26). The molecule has 10 heteroatoms. The number of hydrogen-bond acceptors (Lipinski definition) is 4. The Labute approximate surface area is 174 Å². The van der Waals surface area contributed by atoms with Crippen LogP contribution in [0.2, 0.25) is 0 Å². The minimum atomic E-state index is -4.33. The van der Waals surface area contributed by atoms with Gasteiger partial charge in [0.05, 0.1) is 19.7 Å². The van der Waals surface area contributed by atoms with E-state index in [2.05, 4.69) is 32.7 Å². The van der Waals surface area contributed by atoms with E-state index in [1.807, 2.05) is 24.6 Å². The molecule has 1 aromatic heterocycles. The van der Waals surface area contributed by atoms with E-state index in [0.29, 0.717) is 24.6 Å². The van der Waals surface area contributed by atoms with Gasteiger partial charge in [-0.1, -0.05) is 37.6 Å². The third-order valence-corrected chi connectivity index (χ3v) is 4.37. The summed E-state index contributed by atoms with van der Waals surface area (Å²) in [7, 11) is 1.90. The number of nitrogens with zero attached hydrogens (tertiary/aromatic N) is 4. The van der Waals surface area contributed by atoms with E-state index in [9.17, 15) is 13.2 Å². The zero-order valence-corrected chi connectivity index (χ0v) is 17.6. The van der Waals surface area contributed by atoms with Gasteiger partial charge >= 0.3 is 6.18 Å². The summed E-state index contributed by atoms with van der Waals surface area (Å²) in [6.07, 6.45) is -2.26. The molecule has 0 atom stereocenters. The number of hydrogen-bond donors (Lipinski definition) is 2. The zero-order valence-electron chi connectivity index (χ0n) is 17.6. The molecule has 0 bridgehead atoms. The first-order valence-corrected chi connectivity index (χ1v) is 9.88. The number of halogens is 3. The minimum absolute atomic E-state index is 0.0948. The van der Waals surface area contributed by atoms with Gasteiger partial charge in [0.15, 0.2) is 11.8 Å². The van der Waals surface area contributed by atoms with Crippen LogP contribution < -0.4 is 10.6 Å². The Morgan fingerprint density at radius 1 is 1.20 bits per heavy atom. The number of unbranched alkanes of at least 4 members (excludes halogenated alkanes) is 1. The van der Waals surface area contributed by atoms with Crippen LogP contribution in [0.15, 0.2) is 29.3 Å². The predicted molar refractivity (Wildman–Crippen MR) is 109 cm³/mol. The van der Waals surface area contributed by atoms with Crippen molar-refractivity contribution in [2.45, 2.75) is 52.6 Å². The van der Waals surface area contributed by atoms with Crippen LogP contribution in [0, 0.1) is 6.92 Å². The second-order valence-electron chi connectivity index (χ2n) is 6.95. The van der Waals surface area contributed by atoms with Crippen molar-refractivity contribution in [3.63, 3.8) is 0 Å². The lowest BCUT2D eigenvalue weighted by Gasteiger charge is -2.12. The lowest BCUT2D eigenvalue weighted by molar-refractivity contribution is -0.176. The van der Waals surface area contributed by atoms with Gasteiger partial charge in [0, 0.05) is 13.6 Å². The molecule has 0 unspecified atom stereocenters. The summed E-state index contributed by atoms with van der Waals surface area (Å²) in [5.41, 5.74) is 1.56. The van der Waals surface area contributed by atoms with Gasteiger partial charge < -0.3 is 19.9 Å². The van der Waals surface area contributed by atoms with Crippen LogP contribution in [0.3, 0.4) is 0 Å². The van der Waals surface area contributed by atoms with Crippen LogP contribution in [-0.2, 0) is 31.5 Å². The average Bonchev–Trinajstić information content (AvgIpc) is 3.01. The second-order valence-corrected chi connectivity index (χ2v) is 6.95. The number of ether oxygens (including phenoxy) is 1. The quantitative estimate of drug-likeness (QED) is 0.347. The average molecular weight is 426 g/mol. The van der Waals surface area contributed by atoms with Gasteiger partial charge in [0.25, 0.3) is 0 Å². The molecule has 0 saturated carbocycles. The molecule has 0 aliphatic rings. The second kappa shape index (κ2) is 11.5. The Hall–Kier alpha value is -2.62. The normalized spacial score (nSPS) is 12.3. The summed E-state index contributed by atoms with van der Waals surface area (Å²) in [5.74, 6) is 2.26. The third kappa shape index (κ3) is 8.40. The fourth-order valence-corrected chi connectivity index (χ4v) is 2.60. The van der Waals surface area contributed by atoms with Gasteiger partial charge in [-0.25, -0.2) is 4.99 Å². The molecule has 2 rings (SSSR count). The molecule has 0 saturated heterocycles. The molecule has 166 valence electrons. The van der Waals surface area contributed by atoms with Crippen LogP contribution in [0.4, 0.5) is 13.2 Å². The van der Waals surface area contributed by atoms with Crippen molar-refractivity contribution in [1.82, 2.24) is 25.4 Å². The van der Waals surface area contributed by atoms with Gasteiger partial charge in [-0.2, -0.15) is 13.2 Å². The molecular weight excluding hydrogens is 397 g/mol. The number of aliphatic imine (C=N–C) groups is 1. The highest BCUT2D eigenvalue weighted by molar-refractivity contribution is 5.79. The van der Waals surface area contributed by atoms with Crippen LogP contribution in [0.25, 0.3) is 0 Å². The summed E-state index contributed by atoms with van der Waals surface area (Å²) in [5, 5.41) is 14.7. The van der Waals surface area contributed by atoms with Crippen LogP contribution >= 0.6 is 0 Å². The molecule has 7 nitrogen and oxygen atoms in total. The molecule has 30 heavy (non-hydrogen) atoms. The monoisotopic (exact) mass is 426 g/mol. The maximum atomic E-state index is 12.2. The first-order chi connectivity index (χ1) is 14.3. The van der Waals surface area contributed by atoms with Crippen molar-refractivity contribution < 1.29 is 17.9 Å². The molecule has 0 radical (unpaired) electrons. The maximum Gasteiger partial charge on any atom is 0.411 e. The highest BCUT2D eigenvalue weighted by Crippen LogP contribution is 2.16. The van der Waals surface area contributed by atoms with E-state index in [4.69, 9.17) is 4.74 Å². The summed E-state index contributed by atoms with van der Waals surface area (Å²) in [4.78, 5) is 4.59. The molecule has 0 spiro atoms. The van der Waals surface area contributed by atoms with Gasteiger partial charge in [0.2, 0.25) is 0 Å². The number of aryl methyl sites for hydroxylation is 1. The van der Waals surface area contributed by atoms with E-state index in [1.165, 1.54) is 0 Å². The van der Waals surface area contributed by atoms with Gasteiger partial charge in [-0.05, 0) is 24.5 Å². The Morgan fingerprint density at radius 2 is 1.97 bits per heavy atom. The van der Waals surface area contributed by atoms with E-state index < -0.39 is 12.8 Å². The van der Waals surface area contributed by atoms with Crippen molar-refractivity contribution in [3.05, 3.63) is 47.0 Å². The summed E-state index contributed by atoms with van der Waals surface area (Å²) < 4.78 is 43.3. The first kappa shape index (κ1) is 23.7. The van der Waals surface area contributed by atoms with Crippen molar-refractivity contribution >= 4 is 5.96 Å². The fraction of sp³-hybridized carbons (Fsp3) is 0.550. The Morgan fingerprint density at radius 3 is 2.63 bits per heavy atom. The Bertz CT molecular complexity index is 819. The topological polar surface area (TPSA) is 76.4 Å². The highest BCUT2D eigenvalue weighted by Gasteiger charge is 2.27. The van der Waals surface area contributed by atoms with E-state index in [0.717, 1.165) is 36.6 Å². The summed E-state index contributed by atoms with van der Waals surface area (Å²) >= 11 is 0. The predicted octanol–water partition coefficient (Wildman–Crippen LogP) is 3.24. The molecule has 2 aromatic rings. The Balaban J connectivity index is 1.97. The number of aromatic nitrogens is 3. The Kier molecular flexibility index (Phi) is 9.10. The minimum Gasteiger partial charge on any atom is -0.367 e. The number of guanidine groups is 1. The van der Waals surface area contributed by atoms with Crippen molar-refractivity contribution in [2.75, 3.05) is 13.2 Å². The molecule has 0 fully saturated rings. The number of alkyl halides is 3. The first-order valence-electron chi connectivity index (χ1n) is 9.88. The van der Waals surface area contributed by atoms with E-state index in [-0.39, 0.29) is 6.61 Å². The van der Waals surface area contributed by atoms with Crippen molar-refractivity contribution in [1.29, 1.82) is 0 Å². The van der Waals surface area contributed by atoms with Crippen LogP contribution in [-0.4, -0.2) is 40.1 Å². The molecule has 1 aromatic carbocycles. The molecule has 2 N–H and O–H groups in total. The van der Waals surface area contributed by atoms with E-state index >= 15 is 0 Å². The van der Waals surface area contributed by atoms with Gasteiger partial charge in [0.1, 0.15) is 12.4 Å². The largest absolute Gasteiger partial charge is 0.411 e. The lowest BCUT2D eigenvalue weighted by Crippen LogP contribution is -2.38. The van der Waals surface area contributed by atoms with Crippen LogP contribution in [0.1, 0.15) is 42.5 Å². The molecule has 0 aliphatic heterocycles. The number of benzene rings is 1. The van der Waals surface area contributed by atoms with Gasteiger partial charge in [-0.3, -0.25) is 0 Å². The zero-order chi connectivity index (χ0) is 22.0. The van der Waals surface area contributed by atoms with Crippen molar-refractivity contribution in [3.8, 4) is 0 Å². The molecule has 0 aliphatic carbocycles. The maximum absolute atomic E-state index is 12.2. The van der Waals surface area contributed by atoms with Crippen LogP contribution in [0.5, 0.6) is 0 Å².